The van der Waals surface area contributed by atoms with Crippen molar-refractivity contribution >= 4 is 34.7 Å². The number of thioether (sulfide) groups is 1. The number of amides is 2. The van der Waals surface area contributed by atoms with Crippen LogP contribution in [0.2, 0.25) is 0 Å². The second kappa shape index (κ2) is 6.28. The number of hydrogen-bond acceptors (Lipinski definition) is 6. The van der Waals surface area contributed by atoms with Crippen molar-refractivity contribution in [2.75, 3.05) is 6.54 Å². The molecule has 2 N–H and O–H groups in total. The highest BCUT2D eigenvalue weighted by Gasteiger charge is 2.32. The summed E-state index contributed by atoms with van der Waals surface area (Å²) >= 11 is 1.22. The molecule has 0 spiro atoms. The summed E-state index contributed by atoms with van der Waals surface area (Å²) in [6.07, 6.45) is 3.28. The second-order valence-electron chi connectivity index (χ2n) is 3.72. The molecular formula is C11H13N5O2S. The predicted molar refractivity (Wildman–Crippen MR) is 71.9 cm³/mol. The zero-order valence-corrected chi connectivity index (χ0v) is 11.1. The molecule has 1 aromatic rings. The Morgan fingerprint density at radius 3 is 2.95 bits per heavy atom. The Morgan fingerprint density at radius 1 is 1.53 bits per heavy atom. The van der Waals surface area contributed by atoms with Crippen molar-refractivity contribution in [2.45, 2.75) is 18.6 Å². The van der Waals surface area contributed by atoms with Gasteiger partial charge in [-0.05, 0) is 13.0 Å². The molecule has 1 aliphatic heterocycles. The van der Waals surface area contributed by atoms with E-state index in [0.29, 0.717) is 11.7 Å². The minimum absolute atomic E-state index is 0.138. The van der Waals surface area contributed by atoms with Crippen molar-refractivity contribution in [3.8, 4) is 0 Å². The number of rotatable bonds is 4. The fraction of sp³-hybridized carbons (Fsp3) is 0.364. The number of aromatic nitrogens is 2. The smallest absolute Gasteiger partial charge is 0.251 e. The van der Waals surface area contributed by atoms with Gasteiger partial charge in [0.15, 0.2) is 5.17 Å². The Bertz CT molecular complexity index is 505. The van der Waals surface area contributed by atoms with E-state index in [1.165, 1.54) is 11.8 Å². The first kappa shape index (κ1) is 13.5. The summed E-state index contributed by atoms with van der Waals surface area (Å²) in [6.45, 7) is 2.38. The normalized spacial score (nSPS) is 20.4. The first-order valence-electron chi connectivity index (χ1n) is 5.79. The van der Waals surface area contributed by atoms with Crippen molar-refractivity contribution in [1.82, 2.24) is 20.6 Å². The molecule has 1 fully saturated rings. The number of nitrogens with zero attached hydrogens (tertiary/aromatic N) is 3. The second-order valence-corrected chi connectivity index (χ2v) is 4.91. The molecule has 100 valence electrons. The van der Waals surface area contributed by atoms with Crippen LogP contribution in [0.5, 0.6) is 0 Å². The quantitative estimate of drug-likeness (QED) is 0.822. The van der Waals surface area contributed by atoms with Crippen LogP contribution in [0.4, 0.5) is 5.95 Å². The molecule has 19 heavy (non-hydrogen) atoms. The molecule has 0 bridgehead atoms. The van der Waals surface area contributed by atoms with Gasteiger partial charge in [-0.1, -0.05) is 11.8 Å². The molecule has 2 heterocycles. The largest absolute Gasteiger partial charge is 0.356 e. The molecule has 1 aliphatic rings. The number of nitrogens with one attached hydrogen (secondary N) is 2. The predicted octanol–water partition coefficient (Wildman–Crippen LogP) is 0.222. The summed E-state index contributed by atoms with van der Waals surface area (Å²) in [5.74, 6) is -0.0812. The standard InChI is InChI=1S/C11H13N5O2S/c1-2-12-8(17)6-7-9(18)15-11(19-7)16-10-13-4-3-5-14-10/h3-5,7H,2,6H2,1H3,(H,12,17)(H,13,14,15,16,18). The fourth-order valence-corrected chi connectivity index (χ4v) is 2.43. The molecule has 1 saturated heterocycles. The van der Waals surface area contributed by atoms with E-state index in [2.05, 4.69) is 25.6 Å². The van der Waals surface area contributed by atoms with Crippen molar-refractivity contribution in [3.63, 3.8) is 0 Å². The number of hydrogen-bond donors (Lipinski definition) is 2. The van der Waals surface area contributed by atoms with Gasteiger partial charge >= 0.3 is 0 Å². The van der Waals surface area contributed by atoms with Crippen LogP contribution in [0, 0.1) is 0 Å². The lowest BCUT2D eigenvalue weighted by atomic mass is 10.3. The molecule has 1 atom stereocenters. The summed E-state index contributed by atoms with van der Waals surface area (Å²) in [7, 11) is 0. The summed E-state index contributed by atoms with van der Waals surface area (Å²) < 4.78 is 0. The van der Waals surface area contributed by atoms with Crippen LogP contribution in [-0.2, 0) is 9.59 Å². The highest BCUT2D eigenvalue weighted by atomic mass is 32.2. The highest BCUT2D eigenvalue weighted by molar-refractivity contribution is 8.15. The lowest BCUT2D eigenvalue weighted by Crippen LogP contribution is -2.31. The molecule has 0 saturated carbocycles. The molecule has 0 aromatic carbocycles. The number of amidine groups is 1. The first-order chi connectivity index (χ1) is 9.19. The van der Waals surface area contributed by atoms with E-state index >= 15 is 0 Å². The number of carbonyl (C=O) groups excluding carboxylic acids is 2. The topological polar surface area (TPSA) is 96.3 Å². The lowest BCUT2D eigenvalue weighted by Gasteiger charge is -2.04. The van der Waals surface area contributed by atoms with Crippen LogP contribution < -0.4 is 10.6 Å². The average molecular weight is 279 g/mol. The zero-order valence-electron chi connectivity index (χ0n) is 10.3. The van der Waals surface area contributed by atoms with E-state index in [0.717, 1.165) is 0 Å². The van der Waals surface area contributed by atoms with E-state index in [1.54, 1.807) is 18.5 Å². The Hall–Kier alpha value is -1.96. The van der Waals surface area contributed by atoms with E-state index in [4.69, 9.17) is 0 Å². The molecule has 2 amide bonds. The van der Waals surface area contributed by atoms with Crippen molar-refractivity contribution in [2.24, 2.45) is 4.99 Å². The van der Waals surface area contributed by atoms with Gasteiger partial charge in [0.05, 0.1) is 0 Å². The lowest BCUT2D eigenvalue weighted by molar-refractivity contribution is -0.125. The third-order valence-corrected chi connectivity index (χ3v) is 3.36. The number of aliphatic imine (C=N–C) groups is 1. The molecule has 2 rings (SSSR count). The van der Waals surface area contributed by atoms with Crippen LogP contribution in [0.25, 0.3) is 0 Å². The van der Waals surface area contributed by atoms with Crippen LogP contribution in [0.1, 0.15) is 13.3 Å². The molecule has 1 unspecified atom stereocenters. The molecular weight excluding hydrogens is 266 g/mol. The van der Waals surface area contributed by atoms with E-state index < -0.39 is 5.25 Å². The van der Waals surface area contributed by atoms with Gasteiger partial charge in [0.2, 0.25) is 11.8 Å². The van der Waals surface area contributed by atoms with Gasteiger partial charge in [0, 0.05) is 25.4 Å². The molecule has 1 aromatic heterocycles. The summed E-state index contributed by atoms with van der Waals surface area (Å²) in [6, 6.07) is 1.68. The molecule has 8 heteroatoms. The maximum absolute atomic E-state index is 11.7. The van der Waals surface area contributed by atoms with Crippen molar-refractivity contribution in [3.05, 3.63) is 18.5 Å². The van der Waals surface area contributed by atoms with E-state index in [-0.39, 0.29) is 24.2 Å². The SMILES string of the molecule is CCNC(=O)CC1S/C(=N\c2ncccn2)NC1=O. The average Bonchev–Trinajstić information content (AvgIpc) is 2.71. The minimum Gasteiger partial charge on any atom is -0.356 e. The maximum atomic E-state index is 11.7. The molecule has 0 radical (unpaired) electrons. The van der Waals surface area contributed by atoms with Crippen molar-refractivity contribution < 1.29 is 9.59 Å². The molecule has 0 aliphatic carbocycles. The monoisotopic (exact) mass is 279 g/mol. The van der Waals surface area contributed by atoms with Gasteiger partial charge in [0.25, 0.3) is 5.95 Å². The molecule has 7 nitrogen and oxygen atoms in total. The van der Waals surface area contributed by atoms with Crippen LogP contribution in [0.3, 0.4) is 0 Å². The highest BCUT2D eigenvalue weighted by Crippen LogP contribution is 2.23. The van der Waals surface area contributed by atoms with E-state index in [1.807, 2.05) is 6.92 Å². The van der Waals surface area contributed by atoms with Gasteiger partial charge in [-0.3, -0.25) is 9.59 Å². The van der Waals surface area contributed by atoms with E-state index in [9.17, 15) is 9.59 Å². The zero-order chi connectivity index (χ0) is 13.7. The third-order valence-electron chi connectivity index (χ3n) is 2.27. The third kappa shape index (κ3) is 3.75. The minimum atomic E-state index is -0.450. The van der Waals surface area contributed by atoms with Crippen LogP contribution in [-0.4, -0.2) is 38.7 Å². The summed E-state index contributed by atoms with van der Waals surface area (Å²) in [4.78, 5) is 35.1. The van der Waals surface area contributed by atoms with Crippen molar-refractivity contribution in [1.29, 1.82) is 0 Å². The van der Waals surface area contributed by atoms with Crippen LogP contribution >= 0.6 is 11.8 Å². The number of carbonyl (C=O) groups is 2. The van der Waals surface area contributed by atoms with Gasteiger partial charge in [-0.25, -0.2) is 9.97 Å². The van der Waals surface area contributed by atoms with Crippen LogP contribution in [0.15, 0.2) is 23.5 Å². The maximum Gasteiger partial charge on any atom is 0.251 e. The Kier molecular flexibility index (Phi) is 4.45. The Labute approximate surface area is 114 Å². The summed E-state index contributed by atoms with van der Waals surface area (Å²) in [5, 5.41) is 5.25. The first-order valence-corrected chi connectivity index (χ1v) is 6.67. The summed E-state index contributed by atoms with van der Waals surface area (Å²) in [5.41, 5.74) is 0. The van der Waals surface area contributed by atoms with Gasteiger partial charge in [-0.2, -0.15) is 4.99 Å². The van der Waals surface area contributed by atoms with Gasteiger partial charge in [-0.15, -0.1) is 0 Å². The fourth-order valence-electron chi connectivity index (χ4n) is 1.47. The Morgan fingerprint density at radius 2 is 2.26 bits per heavy atom. The Balaban J connectivity index is 1.99. The van der Waals surface area contributed by atoms with Gasteiger partial charge in [0.1, 0.15) is 5.25 Å². The van der Waals surface area contributed by atoms with Gasteiger partial charge < -0.3 is 10.6 Å².